The molecule has 1 aromatic heterocycles. The van der Waals surface area contributed by atoms with E-state index in [1.165, 1.54) is 0 Å². The van der Waals surface area contributed by atoms with Crippen LogP contribution in [0.4, 0.5) is 18.3 Å². The summed E-state index contributed by atoms with van der Waals surface area (Å²) in [6.07, 6.45) is -4.37. The quantitative estimate of drug-likeness (QED) is 0.832. The van der Waals surface area contributed by atoms with Crippen LogP contribution in [0.25, 0.3) is 0 Å². The summed E-state index contributed by atoms with van der Waals surface area (Å²) in [5.41, 5.74) is -0.732. The lowest BCUT2D eigenvalue weighted by Crippen LogP contribution is -2.36. The van der Waals surface area contributed by atoms with E-state index in [-0.39, 0.29) is 5.92 Å². The third-order valence-corrected chi connectivity index (χ3v) is 4.13. The smallest absolute Gasteiger partial charge is 0.378 e. The molecule has 0 bridgehead atoms. The van der Waals surface area contributed by atoms with Crippen LogP contribution in [0.5, 0.6) is 0 Å². The molecule has 0 amide bonds. The van der Waals surface area contributed by atoms with Crippen molar-refractivity contribution in [2.45, 2.75) is 25.9 Å². The molecule has 7 heteroatoms. The van der Waals surface area contributed by atoms with Crippen LogP contribution in [0.1, 0.15) is 30.3 Å². The topological polar surface area (TPSA) is 25.4 Å². The standard InChI is InChI=1S/C11H15F3N2OS/c1-7(2)8-9(11(12,13)14)15-10(18-8)16-3-5-17-6-4-16/h7H,3-6H2,1-2H3. The maximum atomic E-state index is 12.9. The van der Waals surface area contributed by atoms with Crippen LogP contribution in [0, 0.1) is 0 Å². The Hall–Kier alpha value is -0.820. The lowest BCUT2D eigenvalue weighted by Gasteiger charge is -2.26. The Kier molecular flexibility index (Phi) is 3.82. The van der Waals surface area contributed by atoms with Crippen molar-refractivity contribution in [1.29, 1.82) is 0 Å². The summed E-state index contributed by atoms with van der Waals surface area (Å²) in [6, 6.07) is 0. The van der Waals surface area contributed by atoms with Gasteiger partial charge in [-0.2, -0.15) is 13.2 Å². The van der Waals surface area contributed by atoms with Crippen molar-refractivity contribution in [2.75, 3.05) is 31.2 Å². The van der Waals surface area contributed by atoms with Crippen molar-refractivity contribution in [3.8, 4) is 0 Å². The summed E-state index contributed by atoms with van der Waals surface area (Å²) < 4.78 is 43.9. The third kappa shape index (κ3) is 2.77. The highest BCUT2D eigenvalue weighted by Crippen LogP contribution is 2.40. The number of nitrogens with zero attached hydrogens (tertiary/aromatic N) is 2. The summed E-state index contributed by atoms with van der Waals surface area (Å²) in [5, 5.41) is 0.453. The summed E-state index contributed by atoms with van der Waals surface area (Å²) in [5.74, 6) is -0.172. The van der Waals surface area contributed by atoms with Crippen molar-refractivity contribution in [2.24, 2.45) is 0 Å². The molecule has 1 aromatic rings. The second-order valence-electron chi connectivity index (χ2n) is 4.46. The highest BCUT2D eigenvalue weighted by molar-refractivity contribution is 7.15. The molecule has 102 valence electrons. The van der Waals surface area contributed by atoms with Gasteiger partial charge in [0.15, 0.2) is 10.8 Å². The fourth-order valence-electron chi connectivity index (χ4n) is 1.80. The molecular formula is C11H15F3N2OS. The molecule has 18 heavy (non-hydrogen) atoms. The first-order chi connectivity index (χ1) is 8.39. The number of ether oxygens (including phenoxy) is 1. The first kappa shape index (κ1) is 13.6. The molecule has 1 aliphatic rings. The van der Waals surface area contributed by atoms with Gasteiger partial charge in [-0.15, -0.1) is 11.3 Å². The predicted octanol–water partition coefficient (Wildman–Crippen LogP) is 3.12. The molecule has 1 aliphatic heterocycles. The molecule has 0 N–H and O–H groups in total. The van der Waals surface area contributed by atoms with E-state index in [0.717, 1.165) is 11.3 Å². The molecule has 0 spiro atoms. The van der Waals surface area contributed by atoms with Gasteiger partial charge in [-0.1, -0.05) is 13.8 Å². The minimum Gasteiger partial charge on any atom is -0.378 e. The number of rotatable bonds is 2. The summed E-state index contributed by atoms with van der Waals surface area (Å²) in [6.45, 7) is 5.79. The van der Waals surface area contributed by atoms with Crippen LogP contribution in [0.2, 0.25) is 0 Å². The van der Waals surface area contributed by atoms with Gasteiger partial charge in [-0.3, -0.25) is 0 Å². The van der Waals surface area contributed by atoms with Crippen LogP contribution in [-0.4, -0.2) is 31.3 Å². The van der Waals surface area contributed by atoms with E-state index in [0.29, 0.717) is 36.3 Å². The van der Waals surface area contributed by atoms with Crippen LogP contribution in [0.3, 0.4) is 0 Å². The number of alkyl halides is 3. The maximum Gasteiger partial charge on any atom is 0.434 e. The first-order valence-electron chi connectivity index (χ1n) is 5.80. The highest BCUT2D eigenvalue weighted by atomic mass is 32.1. The Bertz CT molecular complexity index is 411. The lowest BCUT2D eigenvalue weighted by atomic mass is 10.1. The SMILES string of the molecule is CC(C)c1sc(N2CCOCC2)nc1C(F)(F)F. The number of morpholine rings is 1. The van der Waals surface area contributed by atoms with Gasteiger partial charge in [-0.05, 0) is 5.92 Å². The number of hydrogen-bond acceptors (Lipinski definition) is 4. The fraction of sp³-hybridized carbons (Fsp3) is 0.727. The summed E-state index contributed by atoms with van der Waals surface area (Å²) in [4.78, 5) is 5.96. The van der Waals surface area contributed by atoms with Gasteiger partial charge in [0.1, 0.15) is 0 Å². The normalized spacial score (nSPS) is 17.6. The molecule has 0 aromatic carbocycles. The maximum absolute atomic E-state index is 12.9. The molecule has 1 saturated heterocycles. The second-order valence-corrected chi connectivity index (χ2v) is 5.47. The van der Waals surface area contributed by atoms with Crippen LogP contribution < -0.4 is 4.90 Å². The van der Waals surface area contributed by atoms with Gasteiger partial charge in [0, 0.05) is 18.0 Å². The minimum absolute atomic E-state index is 0.172. The number of anilines is 1. The third-order valence-electron chi connectivity index (χ3n) is 2.72. The Balaban J connectivity index is 2.32. The van der Waals surface area contributed by atoms with Crippen LogP contribution >= 0.6 is 11.3 Å². The molecule has 3 nitrogen and oxygen atoms in total. The Morgan fingerprint density at radius 3 is 2.33 bits per heavy atom. The number of halogens is 3. The van der Waals surface area contributed by atoms with Gasteiger partial charge in [0.2, 0.25) is 0 Å². The van der Waals surface area contributed by atoms with Crippen molar-refractivity contribution >= 4 is 16.5 Å². The average molecular weight is 280 g/mol. The van der Waals surface area contributed by atoms with Crippen molar-refractivity contribution in [3.05, 3.63) is 10.6 Å². The van der Waals surface area contributed by atoms with E-state index in [2.05, 4.69) is 4.98 Å². The van der Waals surface area contributed by atoms with Crippen molar-refractivity contribution < 1.29 is 17.9 Å². The van der Waals surface area contributed by atoms with Gasteiger partial charge in [0.05, 0.1) is 13.2 Å². The van der Waals surface area contributed by atoms with E-state index in [9.17, 15) is 13.2 Å². The van der Waals surface area contributed by atoms with Crippen LogP contribution in [-0.2, 0) is 10.9 Å². The number of hydrogen-bond donors (Lipinski definition) is 0. The van der Waals surface area contributed by atoms with Crippen molar-refractivity contribution in [1.82, 2.24) is 4.98 Å². The fourth-order valence-corrected chi connectivity index (χ4v) is 2.94. The molecule has 1 fully saturated rings. The van der Waals surface area contributed by atoms with Gasteiger partial charge in [0.25, 0.3) is 0 Å². The van der Waals surface area contributed by atoms with Gasteiger partial charge >= 0.3 is 6.18 Å². The molecule has 2 rings (SSSR count). The first-order valence-corrected chi connectivity index (χ1v) is 6.62. The van der Waals surface area contributed by atoms with E-state index in [4.69, 9.17) is 4.74 Å². The number of thiazole rings is 1. The molecule has 0 unspecified atom stereocenters. The largest absolute Gasteiger partial charge is 0.434 e. The zero-order valence-electron chi connectivity index (χ0n) is 10.3. The van der Waals surface area contributed by atoms with Gasteiger partial charge in [-0.25, -0.2) is 4.98 Å². The molecule has 0 atom stereocenters. The predicted molar refractivity (Wildman–Crippen MR) is 64.2 cm³/mol. The summed E-state index contributed by atoms with van der Waals surface area (Å²) >= 11 is 1.14. The van der Waals surface area contributed by atoms with E-state index >= 15 is 0 Å². The van der Waals surface area contributed by atoms with Gasteiger partial charge < -0.3 is 9.64 Å². The zero-order valence-corrected chi connectivity index (χ0v) is 11.1. The highest BCUT2D eigenvalue weighted by Gasteiger charge is 2.38. The Morgan fingerprint density at radius 2 is 1.89 bits per heavy atom. The molecule has 0 aliphatic carbocycles. The Morgan fingerprint density at radius 1 is 1.28 bits per heavy atom. The average Bonchev–Trinajstić information content (AvgIpc) is 2.74. The van der Waals surface area contributed by atoms with E-state index < -0.39 is 11.9 Å². The number of aromatic nitrogens is 1. The van der Waals surface area contributed by atoms with E-state index in [1.54, 1.807) is 13.8 Å². The molecule has 0 radical (unpaired) electrons. The lowest BCUT2D eigenvalue weighted by molar-refractivity contribution is -0.141. The molecule has 2 heterocycles. The van der Waals surface area contributed by atoms with Crippen LogP contribution in [0.15, 0.2) is 0 Å². The second kappa shape index (κ2) is 5.05. The van der Waals surface area contributed by atoms with E-state index in [1.807, 2.05) is 4.90 Å². The van der Waals surface area contributed by atoms with Crippen molar-refractivity contribution in [3.63, 3.8) is 0 Å². The molecule has 0 saturated carbocycles. The minimum atomic E-state index is -4.37. The monoisotopic (exact) mass is 280 g/mol. The molecular weight excluding hydrogens is 265 g/mol. The Labute approximate surface area is 108 Å². The summed E-state index contributed by atoms with van der Waals surface area (Å²) in [7, 11) is 0. The zero-order chi connectivity index (χ0) is 13.3.